The van der Waals surface area contributed by atoms with E-state index in [-0.39, 0.29) is 6.03 Å². The summed E-state index contributed by atoms with van der Waals surface area (Å²) in [4.78, 5) is 18.5. The molecule has 5 N–H and O–H groups in total. The van der Waals surface area contributed by atoms with E-state index in [1.165, 1.54) is 0 Å². The zero-order chi connectivity index (χ0) is 13.5. The average molecular weight is 259 g/mol. The molecule has 6 heteroatoms. The molecule has 0 atom stereocenters. The van der Waals surface area contributed by atoms with E-state index in [2.05, 4.69) is 20.6 Å². The first-order valence-electron chi connectivity index (χ1n) is 6.09. The van der Waals surface area contributed by atoms with Crippen molar-refractivity contribution in [3.63, 3.8) is 0 Å². The fourth-order valence-electron chi connectivity index (χ4n) is 1.63. The van der Waals surface area contributed by atoms with Crippen LogP contribution >= 0.6 is 0 Å². The van der Waals surface area contributed by atoms with E-state index in [1.807, 2.05) is 24.3 Å². The van der Waals surface area contributed by atoms with Crippen LogP contribution in [0.4, 0.5) is 10.5 Å². The van der Waals surface area contributed by atoms with Crippen molar-refractivity contribution in [1.29, 1.82) is 0 Å². The van der Waals surface area contributed by atoms with E-state index in [0.29, 0.717) is 13.1 Å². The number of H-pyrrole nitrogens is 1. The number of nitrogens with zero attached hydrogens (tertiary/aromatic N) is 1. The van der Waals surface area contributed by atoms with Crippen LogP contribution in [0.1, 0.15) is 11.3 Å². The maximum Gasteiger partial charge on any atom is 0.319 e. The van der Waals surface area contributed by atoms with Gasteiger partial charge in [0, 0.05) is 37.1 Å². The van der Waals surface area contributed by atoms with E-state index in [1.54, 1.807) is 12.5 Å². The monoisotopic (exact) mass is 259 g/mol. The second-order valence-electron chi connectivity index (χ2n) is 4.11. The molecule has 0 aliphatic rings. The van der Waals surface area contributed by atoms with Crippen LogP contribution in [-0.4, -0.2) is 22.5 Å². The largest absolute Gasteiger partial charge is 0.348 e. The number of benzene rings is 1. The lowest BCUT2D eigenvalue weighted by atomic mass is 10.2. The lowest BCUT2D eigenvalue weighted by Gasteiger charge is -2.07. The maximum atomic E-state index is 11.6. The van der Waals surface area contributed by atoms with Crippen LogP contribution in [0.5, 0.6) is 0 Å². The van der Waals surface area contributed by atoms with Gasteiger partial charge in [-0.05, 0) is 17.7 Å². The van der Waals surface area contributed by atoms with Crippen molar-refractivity contribution in [3.8, 4) is 0 Å². The number of aromatic nitrogens is 2. The third-order valence-electron chi connectivity index (χ3n) is 2.68. The van der Waals surface area contributed by atoms with Gasteiger partial charge in [-0.15, -0.1) is 0 Å². The van der Waals surface area contributed by atoms with Gasteiger partial charge in [-0.1, -0.05) is 12.1 Å². The Morgan fingerprint density at radius 2 is 2.11 bits per heavy atom. The Morgan fingerprint density at radius 3 is 2.74 bits per heavy atom. The average Bonchev–Trinajstić information content (AvgIpc) is 2.93. The highest BCUT2D eigenvalue weighted by Gasteiger charge is 2.01. The van der Waals surface area contributed by atoms with E-state index in [4.69, 9.17) is 5.73 Å². The number of nitrogens with one attached hydrogen (secondary N) is 3. The molecule has 0 spiro atoms. The first-order valence-corrected chi connectivity index (χ1v) is 6.09. The summed E-state index contributed by atoms with van der Waals surface area (Å²) in [7, 11) is 0. The molecule has 0 saturated heterocycles. The van der Waals surface area contributed by atoms with Crippen LogP contribution in [0.15, 0.2) is 36.8 Å². The van der Waals surface area contributed by atoms with Gasteiger partial charge in [-0.3, -0.25) is 0 Å². The molecule has 2 amide bonds. The molecule has 1 aromatic heterocycles. The van der Waals surface area contributed by atoms with Crippen LogP contribution in [0.2, 0.25) is 0 Å². The van der Waals surface area contributed by atoms with Crippen LogP contribution in [-0.2, 0) is 13.0 Å². The SMILES string of the molecule is NCc1ccc(NC(=O)NCCc2cnc[nH]2)cc1. The highest BCUT2D eigenvalue weighted by atomic mass is 16.2. The van der Waals surface area contributed by atoms with Crippen molar-refractivity contribution in [3.05, 3.63) is 48.0 Å². The predicted molar refractivity (Wildman–Crippen MR) is 73.6 cm³/mol. The predicted octanol–water partition coefficient (Wildman–Crippen LogP) is 1.23. The van der Waals surface area contributed by atoms with Crippen molar-refractivity contribution in [2.45, 2.75) is 13.0 Å². The number of nitrogens with two attached hydrogens (primary N) is 1. The van der Waals surface area contributed by atoms with Gasteiger partial charge in [-0.25, -0.2) is 9.78 Å². The number of urea groups is 1. The highest BCUT2D eigenvalue weighted by Crippen LogP contribution is 2.08. The number of carbonyl (C=O) groups excluding carboxylic acids is 1. The number of hydrogen-bond acceptors (Lipinski definition) is 3. The fraction of sp³-hybridized carbons (Fsp3) is 0.231. The molecule has 2 rings (SSSR count). The molecule has 0 aliphatic heterocycles. The molecule has 0 fully saturated rings. The Balaban J connectivity index is 1.74. The normalized spacial score (nSPS) is 10.2. The molecule has 19 heavy (non-hydrogen) atoms. The van der Waals surface area contributed by atoms with E-state index in [9.17, 15) is 4.79 Å². The summed E-state index contributed by atoms with van der Waals surface area (Å²) < 4.78 is 0. The molecule has 100 valence electrons. The summed E-state index contributed by atoms with van der Waals surface area (Å²) >= 11 is 0. The molecular weight excluding hydrogens is 242 g/mol. The standard InChI is InChI=1S/C13H17N5O/c14-7-10-1-3-11(4-2-10)18-13(19)16-6-5-12-8-15-9-17-12/h1-4,8-9H,5-7,14H2,(H,15,17)(H2,16,18,19). The summed E-state index contributed by atoms with van der Waals surface area (Å²) in [6, 6.07) is 7.22. The summed E-state index contributed by atoms with van der Waals surface area (Å²) in [5, 5.41) is 5.53. The van der Waals surface area contributed by atoms with Gasteiger partial charge in [0.2, 0.25) is 0 Å². The summed E-state index contributed by atoms with van der Waals surface area (Å²) in [5.41, 5.74) is 8.28. The third-order valence-corrected chi connectivity index (χ3v) is 2.68. The minimum absolute atomic E-state index is 0.222. The number of rotatable bonds is 5. The topological polar surface area (TPSA) is 95.8 Å². The Kier molecular flexibility index (Phi) is 4.52. The molecule has 1 heterocycles. The molecule has 0 bridgehead atoms. The molecule has 0 unspecified atom stereocenters. The van der Waals surface area contributed by atoms with Gasteiger partial charge in [-0.2, -0.15) is 0 Å². The molecule has 2 aromatic rings. The van der Waals surface area contributed by atoms with Crippen molar-refractivity contribution >= 4 is 11.7 Å². The molecule has 0 aliphatic carbocycles. The van der Waals surface area contributed by atoms with Gasteiger partial charge >= 0.3 is 6.03 Å². The van der Waals surface area contributed by atoms with Gasteiger partial charge in [0.15, 0.2) is 0 Å². The number of anilines is 1. The summed E-state index contributed by atoms with van der Waals surface area (Å²) in [6.07, 6.45) is 4.08. The lowest BCUT2D eigenvalue weighted by Crippen LogP contribution is -2.30. The minimum atomic E-state index is -0.222. The number of aromatic amines is 1. The number of carbonyl (C=O) groups is 1. The maximum absolute atomic E-state index is 11.6. The van der Waals surface area contributed by atoms with Crippen LogP contribution in [0.3, 0.4) is 0 Å². The summed E-state index contributed by atoms with van der Waals surface area (Å²) in [6.45, 7) is 1.05. The Hall–Kier alpha value is -2.34. The summed E-state index contributed by atoms with van der Waals surface area (Å²) in [5.74, 6) is 0. The fourth-order valence-corrected chi connectivity index (χ4v) is 1.63. The van der Waals surface area contributed by atoms with Gasteiger partial charge in [0.25, 0.3) is 0 Å². The second-order valence-corrected chi connectivity index (χ2v) is 4.11. The molecular formula is C13H17N5O. The zero-order valence-corrected chi connectivity index (χ0v) is 10.5. The van der Waals surface area contributed by atoms with Crippen LogP contribution in [0.25, 0.3) is 0 Å². The minimum Gasteiger partial charge on any atom is -0.348 e. The first kappa shape index (κ1) is 13.1. The van der Waals surface area contributed by atoms with Crippen molar-refractivity contribution in [1.82, 2.24) is 15.3 Å². The zero-order valence-electron chi connectivity index (χ0n) is 10.5. The van der Waals surface area contributed by atoms with Crippen molar-refractivity contribution in [2.75, 3.05) is 11.9 Å². The van der Waals surface area contributed by atoms with Crippen molar-refractivity contribution < 1.29 is 4.79 Å². The third kappa shape index (κ3) is 4.11. The van der Waals surface area contributed by atoms with Crippen LogP contribution < -0.4 is 16.4 Å². The van der Waals surface area contributed by atoms with Gasteiger partial charge in [0.1, 0.15) is 0 Å². The molecule has 6 nitrogen and oxygen atoms in total. The molecule has 0 saturated carbocycles. The second kappa shape index (κ2) is 6.55. The number of imidazole rings is 1. The Bertz CT molecular complexity index is 506. The van der Waals surface area contributed by atoms with E-state index >= 15 is 0 Å². The van der Waals surface area contributed by atoms with E-state index < -0.39 is 0 Å². The van der Waals surface area contributed by atoms with Crippen LogP contribution in [0, 0.1) is 0 Å². The van der Waals surface area contributed by atoms with Gasteiger partial charge < -0.3 is 21.4 Å². The highest BCUT2D eigenvalue weighted by molar-refractivity contribution is 5.89. The lowest BCUT2D eigenvalue weighted by molar-refractivity contribution is 0.252. The molecule has 1 aromatic carbocycles. The first-order chi connectivity index (χ1) is 9.28. The Morgan fingerprint density at radius 1 is 1.32 bits per heavy atom. The molecule has 0 radical (unpaired) electrons. The quantitative estimate of drug-likeness (QED) is 0.650. The van der Waals surface area contributed by atoms with E-state index in [0.717, 1.165) is 23.4 Å². The van der Waals surface area contributed by atoms with Crippen molar-refractivity contribution in [2.24, 2.45) is 5.73 Å². The number of hydrogen-bond donors (Lipinski definition) is 4. The Labute approximate surface area is 111 Å². The smallest absolute Gasteiger partial charge is 0.319 e. The van der Waals surface area contributed by atoms with Gasteiger partial charge in [0.05, 0.1) is 6.33 Å². The number of amides is 2.